The van der Waals surface area contributed by atoms with Crippen LogP contribution in [0.15, 0.2) is 48.5 Å². The van der Waals surface area contributed by atoms with Crippen LogP contribution in [0.4, 0.5) is 5.69 Å². The number of amidine groups is 2. The summed E-state index contributed by atoms with van der Waals surface area (Å²) in [5, 5.41) is 27.2. The van der Waals surface area contributed by atoms with Gasteiger partial charge in [0.25, 0.3) is 5.91 Å². The largest absolute Gasteiger partial charge is 0.489 e. The van der Waals surface area contributed by atoms with Crippen LogP contribution in [-0.4, -0.2) is 80.5 Å². The van der Waals surface area contributed by atoms with E-state index < -0.39 is 27.7 Å². The molecule has 0 atom stereocenters. The van der Waals surface area contributed by atoms with Crippen molar-refractivity contribution in [2.45, 2.75) is 25.9 Å². The van der Waals surface area contributed by atoms with Crippen molar-refractivity contribution in [2.75, 3.05) is 36.7 Å². The molecule has 0 saturated carbocycles. The number of carbonyl (C=O) groups excluding carboxylic acids is 1. The van der Waals surface area contributed by atoms with Crippen LogP contribution in [0.5, 0.6) is 5.75 Å². The van der Waals surface area contributed by atoms with Crippen molar-refractivity contribution in [2.24, 2.45) is 5.73 Å². The van der Waals surface area contributed by atoms with Gasteiger partial charge in [-0.2, -0.15) is 0 Å². The van der Waals surface area contributed by atoms with Crippen LogP contribution in [0.25, 0.3) is 6.08 Å². The number of benzene rings is 2. The summed E-state index contributed by atoms with van der Waals surface area (Å²) < 4.78 is 33.2. The van der Waals surface area contributed by atoms with Crippen LogP contribution in [-0.2, 0) is 14.8 Å². The molecule has 0 bridgehead atoms. The minimum absolute atomic E-state index is 0.101. The molecule has 1 amide bonds. The lowest BCUT2D eigenvalue weighted by atomic mass is 10.1. The third kappa shape index (κ3) is 7.82. The molecule has 0 spiro atoms. The Hall–Kier alpha value is -4.39. The molecule has 2 aromatic rings. The molecule has 0 unspecified atom stereocenters. The molecule has 6 N–H and O–H groups in total. The van der Waals surface area contributed by atoms with E-state index in [9.17, 15) is 23.1 Å². The first-order valence-corrected chi connectivity index (χ1v) is 14.2. The number of ether oxygens (including phenoxy) is 1. The average Bonchev–Trinajstić information content (AvgIpc) is 2.90. The number of likely N-dealkylation sites (tertiary alicyclic amines) is 1. The third-order valence-corrected chi connectivity index (χ3v) is 8.00. The first kappa shape index (κ1) is 30.2. The zero-order valence-electron chi connectivity index (χ0n) is 22.4. The highest BCUT2D eigenvalue weighted by molar-refractivity contribution is 7.93. The van der Waals surface area contributed by atoms with Gasteiger partial charge in [-0.15, -0.1) is 0 Å². The number of rotatable bonds is 11. The number of amides is 1. The van der Waals surface area contributed by atoms with Crippen molar-refractivity contribution in [1.29, 1.82) is 10.8 Å². The highest BCUT2D eigenvalue weighted by Crippen LogP contribution is 2.29. The van der Waals surface area contributed by atoms with Crippen molar-refractivity contribution in [3.05, 3.63) is 65.2 Å². The zero-order valence-corrected chi connectivity index (χ0v) is 23.2. The van der Waals surface area contributed by atoms with Crippen molar-refractivity contribution in [3.8, 4) is 5.75 Å². The lowest BCUT2D eigenvalue weighted by Gasteiger charge is -2.33. The van der Waals surface area contributed by atoms with E-state index in [1.807, 2.05) is 4.90 Å². The summed E-state index contributed by atoms with van der Waals surface area (Å²) in [6.07, 6.45) is 4.29. The van der Waals surface area contributed by atoms with Crippen LogP contribution >= 0.6 is 0 Å². The predicted molar refractivity (Wildman–Crippen MR) is 154 cm³/mol. The van der Waals surface area contributed by atoms with E-state index in [1.54, 1.807) is 43.3 Å². The quantitative estimate of drug-likeness (QED) is 0.200. The first-order valence-electron chi connectivity index (χ1n) is 12.6. The molecule has 13 heteroatoms. The highest BCUT2D eigenvalue weighted by atomic mass is 32.2. The Labute approximate surface area is 233 Å². The van der Waals surface area contributed by atoms with Crippen molar-refractivity contribution >= 4 is 45.3 Å². The fraction of sp³-hybridized carbons (Fsp3) is 0.333. The Bertz CT molecular complexity index is 1420. The van der Waals surface area contributed by atoms with E-state index in [4.69, 9.17) is 21.3 Å². The zero-order chi connectivity index (χ0) is 29.4. The summed E-state index contributed by atoms with van der Waals surface area (Å²) in [5.41, 5.74) is 6.92. The maximum atomic E-state index is 13.1. The molecule has 40 heavy (non-hydrogen) atoms. The van der Waals surface area contributed by atoms with Crippen LogP contribution in [0.2, 0.25) is 0 Å². The van der Waals surface area contributed by atoms with Gasteiger partial charge >= 0.3 is 5.97 Å². The number of carboxylic acid groups (broad SMARTS) is 1. The third-order valence-electron chi connectivity index (χ3n) is 6.35. The number of nitrogen functional groups attached to an aromatic ring is 1. The van der Waals surface area contributed by atoms with Crippen LogP contribution in [0.3, 0.4) is 0 Å². The standard InChI is InChI=1S/C27H34N6O6S/c1-18(28)32-13-10-22(11-14-32)39-24-9-8-21(16-23(24)27(36)31-2)33(40(37,38)17-25(34)35)12-4-6-19-5-3-7-20(15-19)26(29)30/h3-9,15-16,22,28H,10-14,17H2,1-2H3,(H3,29,30)(H,31,36)(H,34,35). The summed E-state index contributed by atoms with van der Waals surface area (Å²) in [5.74, 6) is -2.49. The lowest BCUT2D eigenvalue weighted by Crippen LogP contribution is -2.40. The van der Waals surface area contributed by atoms with Crippen molar-refractivity contribution < 1.29 is 27.9 Å². The molecule has 3 rings (SSSR count). The van der Waals surface area contributed by atoms with Crippen LogP contribution < -0.4 is 20.1 Å². The van der Waals surface area contributed by atoms with E-state index in [1.165, 1.54) is 25.2 Å². The van der Waals surface area contributed by atoms with Crippen molar-refractivity contribution in [1.82, 2.24) is 10.2 Å². The number of piperidine rings is 1. The van der Waals surface area contributed by atoms with Gasteiger partial charge in [0.15, 0.2) is 5.75 Å². The molecule has 1 heterocycles. The second-order valence-electron chi connectivity index (χ2n) is 9.27. The molecule has 0 aromatic heterocycles. The van der Waals surface area contributed by atoms with Gasteiger partial charge in [-0.1, -0.05) is 30.4 Å². The minimum Gasteiger partial charge on any atom is -0.489 e. The van der Waals surface area contributed by atoms with E-state index in [0.29, 0.717) is 42.9 Å². The molecule has 1 fully saturated rings. The fourth-order valence-corrected chi connectivity index (χ4v) is 5.50. The molecule has 2 aromatic carbocycles. The molecule has 12 nitrogen and oxygen atoms in total. The normalized spacial score (nSPS) is 14.1. The van der Waals surface area contributed by atoms with E-state index in [-0.39, 0.29) is 35.5 Å². The number of nitrogens with zero attached hydrogens (tertiary/aromatic N) is 2. The second-order valence-corrected chi connectivity index (χ2v) is 11.2. The summed E-state index contributed by atoms with van der Waals surface area (Å²) in [6, 6.07) is 11.2. The molecular formula is C27H34N6O6S. The highest BCUT2D eigenvalue weighted by Gasteiger charge is 2.28. The summed E-state index contributed by atoms with van der Waals surface area (Å²) >= 11 is 0. The number of carbonyl (C=O) groups is 2. The molecule has 1 saturated heterocycles. The average molecular weight is 571 g/mol. The van der Waals surface area contributed by atoms with E-state index >= 15 is 0 Å². The molecule has 214 valence electrons. The molecule has 0 radical (unpaired) electrons. The Morgan fingerprint density at radius 1 is 1.20 bits per heavy atom. The van der Waals surface area contributed by atoms with Gasteiger partial charge < -0.3 is 25.8 Å². The Morgan fingerprint density at radius 3 is 2.50 bits per heavy atom. The van der Waals surface area contributed by atoms with Crippen LogP contribution in [0.1, 0.15) is 41.3 Å². The van der Waals surface area contributed by atoms with Crippen LogP contribution in [0, 0.1) is 10.8 Å². The summed E-state index contributed by atoms with van der Waals surface area (Å²) in [4.78, 5) is 26.1. The van der Waals surface area contributed by atoms with Gasteiger partial charge in [0.1, 0.15) is 17.7 Å². The topological polar surface area (TPSA) is 190 Å². The lowest BCUT2D eigenvalue weighted by molar-refractivity contribution is -0.134. The number of anilines is 1. The predicted octanol–water partition coefficient (Wildman–Crippen LogP) is 2.10. The van der Waals surface area contributed by atoms with Gasteiger partial charge in [0, 0.05) is 38.5 Å². The maximum Gasteiger partial charge on any atom is 0.320 e. The molecule has 1 aliphatic heterocycles. The van der Waals surface area contributed by atoms with Gasteiger partial charge in [-0.25, -0.2) is 8.42 Å². The molecule has 0 aliphatic carbocycles. The summed E-state index contributed by atoms with van der Waals surface area (Å²) in [6.45, 7) is 2.81. The number of sulfonamides is 1. The molecule has 1 aliphatic rings. The van der Waals surface area contributed by atoms with E-state index in [0.717, 1.165) is 4.31 Å². The minimum atomic E-state index is -4.32. The number of hydrogen-bond acceptors (Lipinski definition) is 7. The fourth-order valence-electron chi connectivity index (χ4n) is 4.28. The van der Waals surface area contributed by atoms with Gasteiger partial charge in [0.05, 0.1) is 23.6 Å². The maximum absolute atomic E-state index is 13.1. The second kappa shape index (κ2) is 13.1. The number of nitrogens with two attached hydrogens (primary N) is 1. The number of hydrogen-bond donors (Lipinski definition) is 5. The first-order chi connectivity index (χ1) is 18.9. The SMILES string of the molecule is CNC(=O)c1cc(N(CC=Cc2cccc(C(=N)N)c2)S(=O)(=O)CC(=O)O)ccc1OC1CCN(C(C)=N)CC1. The van der Waals surface area contributed by atoms with Gasteiger partial charge in [-0.05, 0) is 36.8 Å². The number of aliphatic carboxylic acids is 1. The Kier molecular flexibility index (Phi) is 9.88. The Morgan fingerprint density at radius 2 is 1.90 bits per heavy atom. The Balaban J connectivity index is 1.92. The monoisotopic (exact) mass is 570 g/mol. The summed E-state index contributed by atoms with van der Waals surface area (Å²) in [7, 11) is -2.88. The van der Waals surface area contributed by atoms with E-state index in [2.05, 4.69) is 5.32 Å². The smallest absolute Gasteiger partial charge is 0.320 e. The van der Waals surface area contributed by atoms with Crippen molar-refractivity contribution in [3.63, 3.8) is 0 Å². The van der Waals surface area contributed by atoms with Gasteiger partial charge in [0.2, 0.25) is 10.0 Å². The number of nitrogens with one attached hydrogen (secondary N) is 3. The van der Waals surface area contributed by atoms with Gasteiger partial charge in [-0.3, -0.25) is 24.7 Å². The number of carboxylic acids is 1. The molecular weight excluding hydrogens is 536 g/mol.